The van der Waals surface area contributed by atoms with E-state index in [-0.39, 0.29) is 18.2 Å². The van der Waals surface area contributed by atoms with E-state index in [2.05, 4.69) is 17.2 Å². The number of rotatable bonds is 5. The summed E-state index contributed by atoms with van der Waals surface area (Å²) in [6.07, 6.45) is 5.72. The molecular formula is C20H25N3O2S. The van der Waals surface area contributed by atoms with E-state index in [0.717, 1.165) is 43.1 Å². The maximum absolute atomic E-state index is 12.6. The molecule has 1 fully saturated rings. The molecule has 0 spiro atoms. The molecule has 1 aromatic carbocycles. The Morgan fingerprint density at radius 2 is 1.81 bits per heavy atom. The van der Waals surface area contributed by atoms with Gasteiger partial charge in [-0.1, -0.05) is 19.8 Å². The second-order valence-electron chi connectivity index (χ2n) is 6.59. The van der Waals surface area contributed by atoms with Crippen molar-refractivity contribution in [2.24, 2.45) is 0 Å². The molecule has 6 heteroatoms. The first kappa shape index (κ1) is 18.6. The normalized spacial score (nSPS) is 14.7. The van der Waals surface area contributed by atoms with Crippen LogP contribution in [0.25, 0.3) is 0 Å². The third-order valence-electron chi connectivity index (χ3n) is 4.55. The highest BCUT2D eigenvalue weighted by atomic mass is 32.1. The molecule has 0 unspecified atom stereocenters. The van der Waals surface area contributed by atoms with Gasteiger partial charge in [0.2, 0.25) is 5.91 Å². The van der Waals surface area contributed by atoms with Crippen molar-refractivity contribution in [2.75, 3.05) is 18.4 Å². The van der Waals surface area contributed by atoms with Crippen LogP contribution in [0.3, 0.4) is 0 Å². The quantitative estimate of drug-likeness (QED) is 0.867. The van der Waals surface area contributed by atoms with Crippen LogP contribution in [0.4, 0.5) is 5.69 Å². The van der Waals surface area contributed by atoms with E-state index >= 15 is 0 Å². The Morgan fingerprint density at radius 1 is 1.12 bits per heavy atom. The fourth-order valence-corrected chi connectivity index (χ4v) is 3.86. The molecule has 0 saturated carbocycles. The summed E-state index contributed by atoms with van der Waals surface area (Å²) in [7, 11) is 0. The third-order valence-corrected chi connectivity index (χ3v) is 5.59. The minimum atomic E-state index is -0.0930. The third kappa shape index (κ3) is 4.91. The highest BCUT2D eigenvalue weighted by molar-refractivity contribution is 7.09. The second-order valence-corrected chi connectivity index (χ2v) is 7.54. The lowest BCUT2D eigenvalue weighted by molar-refractivity contribution is -0.115. The SMILES string of the molecule is CCc1nc(CC(=O)Nc2ccc(C(=O)N3CCCCCC3)cc2)cs1. The van der Waals surface area contributed by atoms with Gasteiger partial charge in [-0.15, -0.1) is 11.3 Å². The van der Waals surface area contributed by atoms with Gasteiger partial charge in [-0.3, -0.25) is 9.59 Å². The van der Waals surface area contributed by atoms with Crippen molar-refractivity contribution in [3.8, 4) is 0 Å². The van der Waals surface area contributed by atoms with Gasteiger partial charge in [-0.25, -0.2) is 4.98 Å². The van der Waals surface area contributed by atoms with Crippen LogP contribution in [0.1, 0.15) is 53.7 Å². The van der Waals surface area contributed by atoms with Gasteiger partial charge < -0.3 is 10.2 Å². The van der Waals surface area contributed by atoms with E-state index < -0.39 is 0 Å². The van der Waals surface area contributed by atoms with Crippen LogP contribution < -0.4 is 5.32 Å². The molecule has 5 nitrogen and oxygen atoms in total. The zero-order valence-corrected chi connectivity index (χ0v) is 16.0. The number of carbonyl (C=O) groups is 2. The van der Waals surface area contributed by atoms with E-state index in [9.17, 15) is 9.59 Å². The van der Waals surface area contributed by atoms with Crippen LogP contribution in [-0.4, -0.2) is 34.8 Å². The summed E-state index contributed by atoms with van der Waals surface area (Å²) in [5.41, 5.74) is 2.18. The highest BCUT2D eigenvalue weighted by Gasteiger charge is 2.17. The molecule has 1 saturated heterocycles. The maximum atomic E-state index is 12.6. The van der Waals surface area contributed by atoms with Gasteiger partial charge >= 0.3 is 0 Å². The van der Waals surface area contributed by atoms with Gasteiger partial charge in [-0.05, 0) is 43.5 Å². The van der Waals surface area contributed by atoms with E-state index in [1.54, 1.807) is 35.6 Å². The molecule has 138 valence electrons. The number of benzene rings is 1. The van der Waals surface area contributed by atoms with Gasteiger partial charge in [-0.2, -0.15) is 0 Å². The number of hydrogen-bond donors (Lipinski definition) is 1. The first-order chi connectivity index (χ1) is 12.7. The van der Waals surface area contributed by atoms with Crippen LogP contribution in [-0.2, 0) is 17.6 Å². The molecule has 2 amide bonds. The Balaban J connectivity index is 1.56. The summed E-state index contributed by atoms with van der Waals surface area (Å²) in [6.45, 7) is 3.73. The van der Waals surface area contributed by atoms with Crippen molar-refractivity contribution < 1.29 is 9.59 Å². The average Bonchev–Trinajstić information content (AvgIpc) is 2.92. The standard InChI is InChI=1S/C20H25N3O2S/c1-2-19-22-17(14-26-19)13-18(24)21-16-9-7-15(8-10-16)20(25)23-11-5-3-4-6-12-23/h7-10,14H,2-6,11-13H2,1H3,(H,21,24). The fraction of sp³-hybridized carbons (Fsp3) is 0.450. The minimum Gasteiger partial charge on any atom is -0.339 e. The van der Waals surface area contributed by atoms with Gasteiger partial charge in [0.25, 0.3) is 5.91 Å². The lowest BCUT2D eigenvalue weighted by Gasteiger charge is -2.20. The van der Waals surface area contributed by atoms with Gasteiger partial charge in [0.1, 0.15) is 0 Å². The van der Waals surface area contributed by atoms with Crippen LogP contribution >= 0.6 is 11.3 Å². The predicted molar refractivity (Wildman–Crippen MR) is 105 cm³/mol. The van der Waals surface area contributed by atoms with Crippen molar-refractivity contribution in [2.45, 2.75) is 45.4 Å². The van der Waals surface area contributed by atoms with Crippen molar-refractivity contribution >= 4 is 28.8 Å². The molecule has 0 aliphatic carbocycles. The molecule has 3 rings (SSSR count). The number of carbonyl (C=O) groups excluding carboxylic acids is 2. The zero-order valence-electron chi connectivity index (χ0n) is 15.2. The maximum Gasteiger partial charge on any atom is 0.253 e. The fourth-order valence-electron chi connectivity index (χ4n) is 3.11. The molecule has 1 aliphatic heterocycles. The van der Waals surface area contributed by atoms with Crippen LogP contribution in [0.15, 0.2) is 29.6 Å². The summed E-state index contributed by atoms with van der Waals surface area (Å²) in [5, 5.41) is 5.85. The summed E-state index contributed by atoms with van der Waals surface area (Å²) in [5.74, 6) is -0.0103. The molecule has 2 heterocycles. The van der Waals surface area contributed by atoms with E-state index in [0.29, 0.717) is 11.3 Å². The summed E-state index contributed by atoms with van der Waals surface area (Å²) < 4.78 is 0. The Bertz CT molecular complexity index is 747. The molecule has 1 aromatic heterocycles. The van der Waals surface area contributed by atoms with Gasteiger partial charge in [0, 0.05) is 29.7 Å². The van der Waals surface area contributed by atoms with Crippen molar-refractivity contribution in [1.29, 1.82) is 0 Å². The number of nitrogens with zero attached hydrogens (tertiary/aromatic N) is 2. The molecule has 0 atom stereocenters. The van der Waals surface area contributed by atoms with Gasteiger partial charge in [0.05, 0.1) is 17.1 Å². The van der Waals surface area contributed by atoms with Crippen molar-refractivity contribution in [1.82, 2.24) is 9.88 Å². The minimum absolute atomic E-state index is 0.0827. The van der Waals surface area contributed by atoms with Gasteiger partial charge in [0.15, 0.2) is 0 Å². The Kier molecular flexibility index (Phi) is 6.39. The molecule has 0 radical (unpaired) electrons. The average molecular weight is 372 g/mol. The molecule has 2 aromatic rings. The lowest BCUT2D eigenvalue weighted by Crippen LogP contribution is -2.31. The number of anilines is 1. The molecule has 1 N–H and O–H groups in total. The molecule has 1 aliphatic rings. The van der Waals surface area contributed by atoms with E-state index in [1.165, 1.54) is 12.8 Å². The summed E-state index contributed by atoms with van der Waals surface area (Å²) in [6, 6.07) is 7.17. The van der Waals surface area contributed by atoms with E-state index in [4.69, 9.17) is 0 Å². The number of aryl methyl sites for hydroxylation is 1. The largest absolute Gasteiger partial charge is 0.339 e. The number of likely N-dealkylation sites (tertiary alicyclic amines) is 1. The lowest BCUT2D eigenvalue weighted by atomic mass is 10.1. The highest BCUT2D eigenvalue weighted by Crippen LogP contribution is 2.16. The monoisotopic (exact) mass is 371 g/mol. The topological polar surface area (TPSA) is 62.3 Å². The summed E-state index contributed by atoms with van der Waals surface area (Å²) in [4.78, 5) is 31.1. The van der Waals surface area contributed by atoms with Crippen molar-refractivity contribution in [3.05, 3.63) is 45.9 Å². The number of amides is 2. The smallest absolute Gasteiger partial charge is 0.253 e. The predicted octanol–water partition coefficient (Wildman–Crippen LogP) is 3.90. The Hall–Kier alpha value is -2.21. The number of aromatic nitrogens is 1. The van der Waals surface area contributed by atoms with E-state index in [1.807, 2.05) is 10.3 Å². The Labute approximate surface area is 158 Å². The number of nitrogens with one attached hydrogen (secondary N) is 1. The Morgan fingerprint density at radius 3 is 2.42 bits per heavy atom. The first-order valence-electron chi connectivity index (χ1n) is 9.28. The molecular weight excluding hydrogens is 346 g/mol. The second kappa shape index (κ2) is 8.94. The van der Waals surface area contributed by atoms with Crippen LogP contribution in [0, 0.1) is 0 Å². The molecule has 26 heavy (non-hydrogen) atoms. The van der Waals surface area contributed by atoms with Crippen molar-refractivity contribution in [3.63, 3.8) is 0 Å². The number of thiazole rings is 1. The first-order valence-corrected chi connectivity index (χ1v) is 10.2. The number of hydrogen-bond acceptors (Lipinski definition) is 4. The van der Waals surface area contributed by atoms with Crippen LogP contribution in [0.2, 0.25) is 0 Å². The zero-order chi connectivity index (χ0) is 18.4. The molecule has 0 bridgehead atoms. The van der Waals surface area contributed by atoms with Crippen LogP contribution in [0.5, 0.6) is 0 Å². The summed E-state index contributed by atoms with van der Waals surface area (Å²) >= 11 is 1.58.